The van der Waals surface area contributed by atoms with Crippen molar-refractivity contribution >= 4 is 17.5 Å². The fraction of sp³-hybridized carbons (Fsp3) is 0.419. The molecule has 3 aromatic rings. The Balaban J connectivity index is 1.24. The molecule has 3 heterocycles. The van der Waals surface area contributed by atoms with Crippen molar-refractivity contribution in [3.63, 3.8) is 0 Å². The maximum Gasteiger partial charge on any atom is 0.416 e. The van der Waals surface area contributed by atoms with Gasteiger partial charge in [0.25, 0.3) is 5.91 Å². The largest absolute Gasteiger partial charge is 0.416 e. The van der Waals surface area contributed by atoms with Crippen LogP contribution in [0.3, 0.4) is 0 Å². The standard InChI is InChI=1S/C31H32F4N6O2/c1-4-26(42)40-16-29(32,17-40)15-36-13-20-8-23-24(25(9-20)31(33,34)35)14-41(27(23)43)22-7-5-6-21(10-22)30(11-19(2)12-30)28-38-37-18-39(28)3/h4-10,18-19,36H,1,11-17H2,2-3H3. The highest BCUT2D eigenvalue weighted by atomic mass is 19.4. The Morgan fingerprint density at radius 1 is 1.21 bits per heavy atom. The van der Waals surface area contributed by atoms with Gasteiger partial charge in [0.05, 0.1) is 30.6 Å². The van der Waals surface area contributed by atoms with Crippen molar-refractivity contribution in [3.8, 4) is 0 Å². The number of fused-ring (bicyclic) bond motifs is 1. The van der Waals surface area contributed by atoms with E-state index in [2.05, 4.69) is 29.0 Å². The van der Waals surface area contributed by atoms with Crippen LogP contribution >= 0.6 is 0 Å². The summed E-state index contributed by atoms with van der Waals surface area (Å²) in [7, 11) is 1.88. The van der Waals surface area contributed by atoms with Gasteiger partial charge >= 0.3 is 6.18 Å². The van der Waals surface area contributed by atoms with Gasteiger partial charge in [-0.2, -0.15) is 13.2 Å². The van der Waals surface area contributed by atoms with E-state index >= 15 is 0 Å². The van der Waals surface area contributed by atoms with Crippen LogP contribution in [0.4, 0.5) is 23.2 Å². The number of rotatable bonds is 8. The lowest BCUT2D eigenvalue weighted by molar-refractivity contribution is -0.139. The highest BCUT2D eigenvalue weighted by molar-refractivity contribution is 6.10. The lowest BCUT2D eigenvalue weighted by Crippen LogP contribution is -2.64. The minimum Gasteiger partial charge on any atom is -0.333 e. The van der Waals surface area contributed by atoms with E-state index in [0.29, 0.717) is 11.6 Å². The second-order valence-electron chi connectivity index (χ2n) is 12.1. The highest BCUT2D eigenvalue weighted by Gasteiger charge is 2.49. The molecule has 3 aliphatic rings. The van der Waals surface area contributed by atoms with Crippen LogP contribution in [0.25, 0.3) is 0 Å². The van der Waals surface area contributed by atoms with Gasteiger partial charge in [-0.25, -0.2) is 4.39 Å². The Morgan fingerprint density at radius 2 is 1.95 bits per heavy atom. The van der Waals surface area contributed by atoms with Crippen molar-refractivity contribution in [2.75, 3.05) is 24.5 Å². The number of halogens is 4. The molecule has 43 heavy (non-hydrogen) atoms. The maximum absolute atomic E-state index is 14.9. The predicted octanol–water partition coefficient (Wildman–Crippen LogP) is 4.54. The second-order valence-corrected chi connectivity index (χ2v) is 12.1. The van der Waals surface area contributed by atoms with Crippen molar-refractivity contribution in [2.45, 2.75) is 50.1 Å². The van der Waals surface area contributed by atoms with E-state index in [1.54, 1.807) is 12.4 Å². The maximum atomic E-state index is 14.9. The van der Waals surface area contributed by atoms with Gasteiger partial charge in [-0.15, -0.1) is 10.2 Å². The molecule has 8 nitrogen and oxygen atoms in total. The predicted molar refractivity (Wildman–Crippen MR) is 151 cm³/mol. The summed E-state index contributed by atoms with van der Waals surface area (Å²) in [6.07, 6.45) is -0.246. The average Bonchev–Trinajstić information content (AvgIpc) is 3.51. The van der Waals surface area contributed by atoms with Crippen LogP contribution in [-0.2, 0) is 36.5 Å². The number of likely N-dealkylation sites (tertiary alicyclic amines) is 1. The number of nitrogens with one attached hydrogen (secondary N) is 1. The summed E-state index contributed by atoms with van der Waals surface area (Å²) in [5.74, 6) is 0.381. The Morgan fingerprint density at radius 3 is 2.58 bits per heavy atom. The quantitative estimate of drug-likeness (QED) is 0.305. The van der Waals surface area contributed by atoms with Crippen LogP contribution in [0.5, 0.6) is 0 Å². The smallest absolute Gasteiger partial charge is 0.333 e. The number of carbonyl (C=O) groups excluding carboxylic acids is 2. The number of benzene rings is 2. The molecular weight excluding hydrogens is 564 g/mol. The molecule has 12 heteroatoms. The van der Waals surface area contributed by atoms with E-state index < -0.39 is 28.7 Å². The molecule has 2 fully saturated rings. The molecule has 0 atom stereocenters. The fourth-order valence-electron chi connectivity index (χ4n) is 6.86. The molecule has 1 saturated heterocycles. The molecule has 1 saturated carbocycles. The SMILES string of the molecule is C=CC(=O)N1CC(F)(CNCc2cc3c(c(C(F)(F)F)c2)CN(c2cccc(C4(c5nncn5C)CC(C)C4)c2)C3=O)C1. The number of aryl methyl sites for hydroxylation is 1. The minimum atomic E-state index is -4.68. The summed E-state index contributed by atoms with van der Waals surface area (Å²) in [6.45, 7) is 4.87. The minimum absolute atomic E-state index is 0.0151. The second kappa shape index (κ2) is 10.3. The lowest BCUT2D eigenvalue weighted by Gasteiger charge is -2.46. The normalized spacial score (nSPS) is 22.7. The molecule has 1 N–H and O–H groups in total. The van der Waals surface area contributed by atoms with Gasteiger partial charge in [0.2, 0.25) is 5.91 Å². The molecule has 0 unspecified atom stereocenters. The van der Waals surface area contributed by atoms with Gasteiger partial charge in [-0.1, -0.05) is 25.6 Å². The average molecular weight is 597 g/mol. The molecule has 2 amide bonds. The van der Waals surface area contributed by atoms with Crippen molar-refractivity contribution in [1.82, 2.24) is 25.0 Å². The third-order valence-electron chi connectivity index (χ3n) is 8.86. The molecule has 2 aliphatic heterocycles. The van der Waals surface area contributed by atoms with Crippen LogP contribution in [0, 0.1) is 5.92 Å². The number of anilines is 1. The van der Waals surface area contributed by atoms with Gasteiger partial charge in [-0.05, 0) is 65.8 Å². The number of amides is 2. The van der Waals surface area contributed by atoms with Gasteiger partial charge in [0.1, 0.15) is 12.2 Å². The van der Waals surface area contributed by atoms with E-state index in [1.165, 1.54) is 15.9 Å². The third kappa shape index (κ3) is 5.01. The zero-order valence-electron chi connectivity index (χ0n) is 23.9. The zero-order chi connectivity index (χ0) is 30.7. The molecule has 0 spiro atoms. The third-order valence-corrected chi connectivity index (χ3v) is 8.86. The van der Waals surface area contributed by atoms with Crippen LogP contribution in [-0.4, -0.2) is 56.8 Å². The number of hydrogen-bond donors (Lipinski definition) is 1. The molecule has 1 aliphatic carbocycles. The van der Waals surface area contributed by atoms with Crippen molar-refractivity contribution < 1.29 is 27.2 Å². The van der Waals surface area contributed by atoms with Crippen LogP contribution in [0.2, 0.25) is 0 Å². The van der Waals surface area contributed by atoms with E-state index in [0.717, 1.165) is 36.4 Å². The highest BCUT2D eigenvalue weighted by Crippen LogP contribution is 2.52. The van der Waals surface area contributed by atoms with Crippen LogP contribution in [0.15, 0.2) is 55.4 Å². The Kier molecular flexibility index (Phi) is 6.95. The summed E-state index contributed by atoms with van der Waals surface area (Å²) in [5.41, 5.74) is -1.37. The summed E-state index contributed by atoms with van der Waals surface area (Å²) in [6, 6.07) is 9.87. The van der Waals surface area contributed by atoms with Crippen LogP contribution in [0.1, 0.15) is 58.2 Å². The van der Waals surface area contributed by atoms with Gasteiger partial charge in [-0.3, -0.25) is 9.59 Å². The zero-order valence-corrected chi connectivity index (χ0v) is 23.9. The molecule has 2 aromatic carbocycles. The number of nitrogens with zero attached hydrogens (tertiary/aromatic N) is 5. The molecule has 226 valence electrons. The first-order valence-electron chi connectivity index (χ1n) is 14.1. The van der Waals surface area contributed by atoms with Crippen LogP contribution < -0.4 is 10.2 Å². The van der Waals surface area contributed by atoms with E-state index in [-0.39, 0.29) is 55.3 Å². The van der Waals surface area contributed by atoms with Gasteiger partial charge in [0, 0.05) is 31.4 Å². The van der Waals surface area contributed by atoms with E-state index in [1.807, 2.05) is 29.8 Å². The Bertz CT molecular complexity index is 1600. The van der Waals surface area contributed by atoms with E-state index in [9.17, 15) is 27.2 Å². The van der Waals surface area contributed by atoms with Gasteiger partial charge in [0.15, 0.2) is 5.67 Å². The van der Waals surface area contributed by atoms with Crippen molar-refractivity contribution in [3.05, 3.63) is 89.0 Å². The Hall–Kier alpha value is -4.06. The Labute approximate surface area is 246 Å². The summed E-state index contributed by atoms with van der Waals surface area (Å²) in [5, 5.41) is 11.3. The lowest BCUT2D eigenvalue weighted by atomic mass is 9.58. The molecular formula is C31H32F4N6O2. The topological polar surface area (TPSA) is 83.4 Å². The summed E-state index contributed by atoms with van der Waals surface area (Å²) >= 11 is 0. The number of carbonyl (C=O) groups is 2. The number of aromatic nitrogens is 3. The number of alkyl halides is 4. The van der Waals surface area contributed by atoms with Crippen molar-refractivity contribution in [2.24, 2.45) is 13.0 Å². The first kappa shape index (κ1) is 29.0. The molecule has 6 rings (SSSR count). The molecule has 0 radical (unpaired) electrons. The number of hydrogen-bond acceptors (Lipinski definition) is 5. The monoisotopic (exact) mass is 596 g/mol. The first-order valence-corrected chi connectivity index (χ1v) is 14.1. The molecule has 1 aromatic heterocycles. The van der Waals surface area contributed by atoms with E-state index in [4.69, 9.17) is 0 Å². The van der Waals surface area contributed by atoms with Gasteiger partial charge < -0.3 is 19.7 Å². The summed E-state index contributed by atoms with van der Waals surface area (Å²) < 4.78 is 59.5. The summed E-state index contributed by atoms with van der Waals surface area (Å²) in [4.78, 5) is 27.9. The van der Waals surface area contributed by atoms with Crippen molar-refractivity contribution in [1.29, 1.82) is 0 Å². The first-order chi connectivity index (χ1) is 20.3. The molecule has 0 bridgehead atoms. The fourth-order valence-corrected chi connectivity index (χ4v) is 6.86.